The van der Waals surface area contributed by atoms with E-state index in [0.29, 0.717) is 21.4 Å². The highest BCUT2D eigenvalue weighted by Gasteiger charge is 2.12. The van der Waals surface area contributed by atoms with Crippen molar-refractivity contribution >= 4 is 58.8 Å². The van der Waals surface area contributed by atoms with E-state index in [9.17, 15) is 14.4 Å². The molecule has 0 unspecified atom stereocenters. The molecular weight excluding hydrogens is 489 g/mol. The average Bonchev–Trinajstić information content (AvgIpc) is 2.80. The van der Waals surface area contributed by atoms with Gasteiger partial charge in [0, 0.05) is 5.56 Å². The Balaban J connectivity index is 1.46. The molecule has 0 saturated carbocycles. The maximum Gasteiger partial charge on any atom is 0.345 e. The molecule has 0 atom stereocenters. The molecule has 10 heteroatoms. The van der Waals surface area contributed by atoms with Gasteiger partial charge in [0.05, 0.1) is 33.4 Å². The second-order valence-corrected chi connectivity index (χ2v) is 7.76. The van der Waals surface area contributed by atoms with Crippen LogP contribution in [0.5, 0.6) is 5.75 Å². The molecule has 2 amide bonds. The third-order valence-corrected chi connectivity index (χ3v) is 5.25. The molecule has 33 heavy (non-hydrogen) atoms. The van der Waals surface area contributed by atoms with Crippen molar-refractivity contribution in [2.24, 2.45) is 5.10 Å². The van der Waals surface area contributed by atoms with Crippen molar-refractivity contribution < 1.29 is 19.1 Å². The van der Waals surface area contributed by atoms with E-state index in [1.165, 1.54) is 24.4 Å². The first-order valence-electron chi connectivity index (χ1n) is 9.45. The summed E-state index contributed by atoms with van der Waals surface area (Å²) in [6.07, 6.45) is 1.40. The summed E-state index contributed by atoms with van der Waals surface area (Å²) in [5.74, 6) is -1.25. The van der Waals surface area contributed by atoms with Crippen molar-refractivity contribution in [2.45, 2.75) is 0 Å². The summed E-state index contributed by atoms with van der Waals surface area (Å²) in [6, 6.07) is 17.4. The lowest BCUT2D eigenvalue weighted by Gasteiger charge is -2.06. The zero-order chi connectivity index (χ0) is 23.8. The zero-order valence-electron chi connectivity index (χ0n) is 16.8. The van der Waals surface area contributed by atoms with Gasteiger partial charge >= 0.3 is 5.97 Å². The first-order chi connectivity index (χ1) is 15.8. The van der Waals surface area contributed by atoms with Gasteiger partial charge < -0.3 is 10.1 Å². The number of carbonyl (C=O) groups excluding carboxylic acids is 3. The third kappa shape index (κ3) is 7.05. The quantitative estimate of drug-likeness (QED) is 0.210. The molecule has 0 aromatic heterocycles. The minimum Gasteiger partial charge on any atom is -0.423 e. The average molecular weight is 505 g/mol. The predicted octanol–water partition coefficient (Wildman–Crippen LogP) is 4.75. The van der Waals surface area contributed by atoms with Crippen molar-refractivity contribution in [1.82, 2.24) is 10.7 Å². The van der Waals surface area contributed by atoms with Crippen molar-refractivity contribution in [3.63, 3.8) is 0 Å². The summed E-state index contributed by atoms with van der Waals surface area (Å²) in [7, 11) is 0. The standard InChI is InChI=1S/C23H16Cl3N3O4/c24-18-4-2-1-3-17(18)23(32)33-16-8-5-14(6-9-16)12-28-29-21(30)13-27-22(31)15-7-10-19(25)20(26)11-15/h1-12H,13H2,(H,27,31)(H,29,30)/b28-12-. The molecule has 3 rings (SSSR count). The molecule has 3 aromatic carbocycles. The number of hydrogen-bond donors (Lipinski definition) is 2. The van der Waals surface area contributed by atoms with Crippen LogP contribution in [0.15, 0.2) is 71.8 Å². The van der Waals surface area contributed by atoms with Crippen LogP contribution in [-0.4, -0.2) is 30.5 Å². The molecule has 0 aliphatic rings. The van der Waals surface area contributed by atoms with Crippen molar-refractivity contribution in [3.8, 4) is 5.75 Å². The van der Waals surface area contributed by atoms with Gasteiger partial charge in [0.15, 0.2) is 0 Å². The summed E-state index contributed by atoms with van der Waals surface area (Å²) in [6.45, 7) is -0.284. The fraction of sp³-hybridized carbons (Fsp3) is 0.0435. The monoisotopic (exact) mass is 503 g/mol. The molecule has 2 N–H and O–H groups in total. The van der Waals surface area contributed by atoms with Crippen LogP contribution < -0.4 is 15.5 Å². The number of esters is 1. The summed E-state index contributed by atoms with van der Waals surface area (Å²) in [5, 5.41) is 7.15. The van der Waals surface area contributed by atoms with Gasteiger partial charge in [-0.25, -0.2) is 10.2 Å². The van der Waals surface area contributed by atoms with Crippen LogP contribution in [0.2, 0.25) is 15.1 Å². The van der Waals surface area contributed by atoms with Crippen LogP contribution in [-0.2, 0) is 4.79 Å². The predicted molar refractivity (Wildman–Crippen MR) is 127 cm³/mol. The molecule has 0 aliphatic carbocycles. The van der Waals surface area contributed by atoms with Gasteiger partial charge in [-0.2, -0.15) is 5.10 Å². The normalized spacial score (nSPS) is 10.6. The second-order valence-electron chi connectivity index (χ2n) is 6.54. The Morgan fingerprint density at radius 3 is 2.30 bits per heavy atom. The summed E-state index contributed by atoms with van der Waals surface area (Å²) < 4.78 is 5.29. The van der Waals surface area contributed by atoms with Crippen LogP contribution >= 0.6 is 34.8 Å². The van der Waals surface area contributed by atoms with Gasteiger partial charge in [0.2, 0.25) is 0 Å². The molecule has 3 aromatic rings. The van der Waals surface area contributed by atoms with E-state index < -0.39 is 17.8 Å². The van der Waals surface area contributed by atoms with E-state index >= 15 is 0 Å². The van der Waals surface area contributed by atoms with E-state index in [0.717, 1.165) is 0 Å². The number of nitrogens with one attached hydrogen (secondary N) is 2. The first kappa shape index (κ1) is 24.3. The molecule has 168 valence electrons. The zero-order valence-corrected chi connectivity index (χ0v) is 19.1. The highest BCUT2D eigenvalue weighted by atomic mass is 35.5. The molecule has 0 bridgehead atoms. The maximum absolute atomic E-state index is 12.2. The van der Waals surface area contributed by atoms with Gasteiger partial charge in [-0.3, -0.25) is 9.59 Å². The fourth-order valence-electron chi connectivity index (χ4n) is 2.53. The summed E-state index contributed by atoms with van der Waals surface area (Å²) in [5.41, 5.74) is 3.48. The highest BCUT2D eigenvalue weighted by molar-refractivity contribution is 6.42. The molecule has 0 aliphatic heterocycles. The van der Waals surface area contributed by atoms with Crippen LogP contribution in [0.3, 0.4) is 0 Å². The van der Waals surface area contributed by atoms with E-state index in [-0.39, 0.29) is 22.7 Å². The maximum atomic E-state index is 12.2. The Kier molecular flexibility index (Phi) is 8.43. The van der Waals surface area contributed by atoms with Crippen molar-refractivity contribution in [2.75, 3.05) is 6.54 Å². The first-order valence-corrected chi connectivity index (χ1v) is 10.6. The lowest BCUT2D eigenvalue weighted by molar-refractivity contribution is -0.120. The molecule has 0 spiro atoms. The summed E-state index contributed by atoms with van der Waals surface area (Å²) in [4.78, 5) is 36.1. The number of carbonyl (C=O) groups is 3. The van der Waals surface area contributed by atoms with Crippen molar-refractivity contribution in [1.29, 1.82) is 0 Å². The Labute approximate surface area is 204 Å². The molecule has 0 fully saturated rings. The lowest BCUT2D eigenvalue weighted by atomic mass is 10.2. The van der Waals surface area contributed by atoms with Crippen LogP contribution in [0.4, 0.5) is 0 Å². The minimum absolute atomic E-state index is 0.239. The van der Waals surface area contributed by atoms with E-state index in [2.05, 4.69) is 15.8 Å². The number of nitrogens with zero attached hydrogens (tertiary/aromatic N) is 1. The van der Waals surface area contributed by atoms with E-state index in [4.69, 9.17) is 39.5 Å². The Morgan fingerprint density at radius 2 is 1.61 bits per heavy atom. The van der Waals surface area contributed by atoms with Crippen LogP contribution in [0, 0.1) is 0 Å². The number of ether oxygens (including phenoxy) is 1. The molecule has 0 saturated heterocycles. The van der Waals surface area contributed by atoms with E-state index in [1.807, 2.05) is 0 Å². The Morgan fingerprint density at radius 1 is 0.879 bits per heavy atom. The van der Waals surface area contributed by atoms with Crippen LogP contribution in [0.25, 0.3) is 0 Å². The molecular formula is C23H16Cl3N3O4. The lowest BCUT2D eigenvalue weighted by Crippen LogP contribution is -2.34. The fourth-order valence-corrected chi connectivity index (χ4v) is 3.04. The van der Waals surface area contributed by atoms with E-state index in [1.54, 1.807) is 48.5 Å². The number of hydrazone groups is 1. The second kappa shape index (κ2) is 11.5. The third-order valence-electron chi connectivity index (χ3n) is 4.18. The molecule has 0 heterocycles. The minimum atomic E-state index is -0.572. The number of rotatable bonds is 7. The smallest absolute Gasteiger partial charge is 0.345 e. The molecule has 7 nitrogen and oxygen atoms in total. The number of amides is 2. The van der Waals surface area contributed by atoms with Gasteiger partial charge in [0.25, 0.3) is 11.8 Å². The number of hydrogen-bond acceptors (Lipinski definition) is 5. The largest absolute Gasteiger partial charge is 0.423 e. The SMILES string of the molecule is O=C(CNC(=O)c1ccc(Cl)c(Cl)c1)N/N=C\c1ccc(OC(=O)c2ccccc2Cl)cc1. The van der Waals surface area contributed by atoms with Gasteiger partial charge in [0.1, 0.15) is 5.75 Å². The highest BCUT2D eigenvalue weighted by Crippen LogP contribution is 2.22. The van der Waals surface area contributed by atoms with Gasteiger partial charge in [-0.05, 0) is 60.2 Å². The summed E-state index contributed by atoms with van der Waals surface area (Å²) >= 11 is 17.7. The topological polar surface area (TPSA) is 96.9 Å². The van der Waals surface area contributed by atoms with Crippen molar-refractivity contribution in [3.05, 3.63) is 98.5 Å². The Hall–Kier alpha value is -3.39. The van der Waals surface area contributed by atoms with Crippen LogP contribution in [0.1, 0.15) is 26.3 Å². The van der Waals surface area contributed by atoms with Gasteiger partial charge in [-0.15, -0.1) is 0 Å². The number of benzene rings is 3. The Bertz CT molecular complexity index is 1210. The molecule has 0 radical (unpaired) electrons. The van der Waals surface area contributed by atoms with Gasteiger partial charge in [-0.1, -0.05) is 46.9 Å². The number of halogens is 3.